The maximum Gasteiger partial charge on any atom is 0.0406 e. The molecule has 0 aromatic heterocycles. The monoisotopic (exact) mass is 268 g/mol. The maximum absolute atomic E-state index is 5.90. The molecule has 0 bridgehead atoms. The van der Waals surface area contributed by atoms with Crippen LogP contribution in [0.5, 0.6) is 0 Å². The minimum Gasteiger partial charge on any atom is -0.306 e. The zero-order valence-electron chi connectivity index (χ0n) is 11.9. The predicted octanol–water partition coefficient (Wildman–Crippen LogP) is 3.72. The van der Waals surface area contributed by atoms with Crippen LogP contribution in [0.3, 0.4) is 0 Å². The molecule has 0 heterocycles. The van der Waals surface area contributed by atoms with E-state index in [-0.39, 0.29) is 0 Å². The lowest BCUT2D eigenvalue weighted by atomic mass is 10.1. The van der Waals surface area contributed by atoms with Gasteiger partial charge in [0.15, 0.2) is 0 Å². The summed E-state index contributed by atoms with van der Waals surface area (Å²) in [6.45, 7) is 12.2. The van der Waals surface area contributed by atoms with Crippen molar-refractivity contribution >= 4 is 11.6 Å². The molecular weight excluding hydrogens is 244 g/mol. The summed E-state index contributed by atoms with van der Waals surface area (Å²) in [6, 6.07) is 8.91. The average molecular weight is 269 g/mol. The van der Waals surface area contributed by atoms with Gasteiger partial charge in [-0.25, -0.2) is 0 Å². The molecule has 0 spiro atoms. The van der Waals surface area contributed by atoms with Crippen molar-refractivity contribution < 1.29 is 0 Å². The number of halogens is 1. The largest absolute Gasteiger partial charge is 0.306 e. The van der Waals surface area contributed by atoms with E-state index in [2.05, 4.69) is 50.0 Å². The molecule has 2 unspecified atom stereocenters. The van der Waals surface area contributed by atoms with Gasteiger partial charge in [0.2, 0.25) is 0 Å². The summed E-state index contributed by atoms with van der Waals surface area (Å²) in [7, 11) is 0. The molecule has 1 N–H and O–H groups in total. The fourth-order valence-corrected chi connectivity index (χ4v) is 2.32. The standard InChI is InChI=1S/C15H25ClN2/c1-5-18(6-2)11-12(3)17-13(4)14-7-9-15(16)10-8-14/h7-10,12-13,17H,5-6,11H2,1-4H3. The zero-order chi connectivity index (χ0) is 13.5. The van der Waals surface area contributed by atoms with Gasteiger partial charge in [-0.05, 0) is 44.6 Å². The highest BCUT2D eigenvalue weighted by Gasteiger charge is 2.11. The van der Waals surface area contributed by atoms with E-state index >= 15 is 0 Å². The number of nitrogens with zero attached hydrogens (tertiary/aromatic N) is 1. The molecular formula is C15H25ClN2. The summed E-state index contributed by atoms with van der Waals surface area (Å²) in [6.07, 6.45) is 0. The molecule has 2 atom stereocenters. The summed E-state index contributed by atoms with van der Waals surface area (Å²) in [5.74, 6) is 0. The number of hydrogen-bond acceptors (Lipinski definition) is 2. The smallest absolute Gasteiger partial charge is 0.0406 e. The Morgan fingerprint density at radius 1 is 1.11 bits per heavy atom. The first-order chi connectivity index (χ1) is 8.56. The van der Waals surface area contributed by atoms with Crippen molar-refractivity contribution in [2.24, 2.45) is 0 Å². The highest BCUT2D eigenvalue weighted by molar-refractivity contribution is 6.30. The molecule has 0 aliphatic carbocycles. The van der Waals surface area contributed by atoms with Crippen LogP contribution in [0, 0.1) is 0 Å². The molecule has 18 heavy (non-hydrogen) atoms. The molecule has 1 aromatic carbocycles. The van der Waals surface area contributed by atoms with E-state index in [0.29, 0.717) is 12.1 Å². The van der Waals surface area contributed by atoms with Gasteiger partial charge in [0.05, 0.1) is 0 Å². The van der Waals surface area contributed by atoms with Gasteiger partial charge in [-0.15, -0.1) is 0 Å². The van der Waals surface area contributed by atoms with Gasteiger partial charge in [-0.2, -0.15) is 0 Å². The van der Waals surface area contributed by atoms with Gasteiger partial charge in [0.1, 0.15) is 0 Å². The number of hydrogen-bond donors (Lipinski definition) is 1. The van der Waals surface area contributed by atoms with Gasteiger partial charge in [-0.3, -0.25) is 0 Å². The first kappa shape index (κ1) is 15.5. The van der Waals surface area contributed by atoms with E-state index in [0.717, 1.165) is 24.7 Å². The fraction of sp³-hybridized carbons (Fsp3) is 0.600. The van der Waals surface area contributed by atoms with Crippen molar-refractivity contribution in [2.45, 2.75) is 39.8 Å². The Labute approximate surface area is 116 Å². The van der Waals surface area contributed by atoms with Gasteiger partial charge in [-0.1, -0.05) is 37.6 Å². The molecule has 1 rings (SSSR count). The second-order valence-corrected chi connectivity index (χ2v) is 5.26. The molecule has 0 aliphatic rings. The summed E-state index contributed by atoms with van der Waals surface area (Å²) in [4.78, 5) is 2.44. The van der Waals surface area contributed by atoms with Gasteiger partial charge < -0.3 is 10.2 Å². The van der Waals surface area contributed by atoms with E-state index in [4.69, 9.17) is 11.6 Å². The van der Waals surface area contributed by atoms with Crippen LogP contribution < -0.4 is 5.32 Å². The molecule has 1 aromatic rings. The lowest BCUT2D eigenvalue weighted by Crippen LogP contribution is -2.40. The number of rotatable bonds is 7. The number of likely N-dealkylation sites (N-methyl/N-ethyl adjacent to an activating group) is 1. The Balaban J connectivity index is 2.48. The van der Waals surface area contributed by atoms with Crippen molar-refractivity contribution in [3.63, 3.8) is 0 Å². The lowest BCUT2D eigenvalue weighted by Gasteiger charge is -2.26. The fourth-order valence-electron chi connectivity index (χ4n) is 2.20. The van der Waals surface area contributed by atoms with Crippen LogP contribution in [0.1, 0.15) is 39.3 Å². The van der Waals surface area contributed by atoms with E-state index in [1.165, 1.54) is 5.56 Å². The second kappa shape index (κ2) is 7.78. The number of nitrogens with one attached hydrogen (secondary N) is 1. The first-order valence-corrected chi connectivity index (χ1v) is 7.18. The van der Waals surface area contributed by atoms with Crippen LogP contribution in [0.15, 0.2) is 24.3 Å². The molecule has 0 saturated heterocycles. The van der Waals surface area contributed by atoms with Gasteiger partial charge in [0.25, 0.3) is 0 Å². The molecule has 0 aliphatic heterocycles. The summed E-state index contributed by atoms with van der Waals surface area (Å²) >= 11 is 5.90. The van der Waals surface area contributed by atoms with Crippen LogP contribution in [-0.4, -0.2) is 30.6 Å². The van der Waals surface area contributed by atoms with Crippen molar-refractivity contribution in [2.75, 3.05) is 19.6 Å². The third-order valence-electron chi connectivity index (χ3n) is 3.33. The molecule has 0 radical (unpaired) electrons. The third kappa shape index (κ3) is 4.97. The van der Waals surface area contributed by atoms with Crippen LogP contribution in [0.2, 0.25) is 5.02 Å². The van der Waals surface area contributed by atoms with E-state index in [1.54, 1.807) is 0 Å². The Kier molecular flexibility index (Phi) is 6.69. The minimum atomic E-state index is 0.354. The predicted molar refractivity (Wildman–Crippen MR) is 80.3 cm³/mol. The third-order valence-corrected chi connectivity index (χ3v) is 3.58. The molecule has 0 amide bonds. The second-order valence-electron chi connectivity index (χ2n) is 4.83. The van der Waals surface area contributed by atoms with E-state index in [1.807, 2.05) is 12.1 Å². The Morgan fingerprint density at radius 3 is 2.17 bits per heavy atom. The summed E-state index contributed by atoms with van der Waals surface area (Å²) in [5.41, 5.74) is 1.28. The Hall–Kier alpha value is -0.570. The van der Waals surface area contributed by atoms with Crippen molar-refractivity contribution in [3.05, 3.63) is 34.9 Å². The Morgan fingerprint density at radius 2 is 1.67 bits per heavy atom. The van der Waals surface area contributed by atoms with Crippen LogP contribution in [0.25, 0.3) is 0 Å². The molecule has 0 fully saturated rings. The average Bonchev–Trinajstić information content (AvgIpc) is 2.36. The summed E-state index contributed by atoms with van der Waals surface area (Å²) < 4.78 is 0. The SMILES string of the molecule is CCN(CC)CC(C)NC(C)c1ccc(Cl)cc1. The van der Waals surface area contributed by atoms with Crippen molar-refractivity contribution in [3.8, 4) is 0 Å². The highest BCUT2D eigenvalue weighted by atomic mass is 35.5. The molecule has 0 saturated carbocycles. The van der Waals surface area contributed by atoms with Gasteiger partial charge >= 0.3 is 0 Å². The lowest BCUT2D eigenvalue weighted by molar-refractivity contribution is 0.264. The van der Waals surface area contributed by atoms with E-state index < -0.39 is 0 Å². The zero-order valence-corrected chi connectivity index (χ0v) is 12.7. The maximum atomic E-state index is 5.90. The minimum absolute atomic E-state index is 0.354. The van der Waals surface area contributed by atoms with Crippen molar-refractivity contribution in [1.82, 2.24) is 10.2 Å². The highest BCUT2D eigenvalue weighted by Crippen LogP contribution is 2.16. The van der Waals surface area contributed by atoms with Gasteiger partial charge in [0, 0.05) is 23.7 Å². The topological polar surface area (TPSA) is 15.3 Å². The normalized spacial score (nSPS) is 14.8. The molecule has 2 nitrogen and oxygen atoms in total. The summed E-state index contributed by atoms with van der Waals surface area (Å²) in [5, 5.41) is 4.42. The molecule has 102 valence electrons. The van der Waals surface area contributed by atoms with Crippen molar-refractivity contribution in [1.29, 1.82) is 0 Å². The Bertz CT molecular complexity index is 333. The quantitative estimate of drug-likeness (QED) is 0.811. The number of benzene rings is 1. The van der Waals surface area contributed by atoms with E-state index in [9.17, 15) is 0 Å². The first-order valence-electron chi connectivity index (χ1n) is 6.80. The van der Waals surface area contributed by atoms with Crippen LogP contribution in [-0.2, 0) is 0 Å². The van der Waals surface area contributed by atoms with Crippen LogP contribution >= 0.6 is 11.6 Å². The van der Waals surface area contributed by atoms with Crippen LogP contribution in [0.4, 0.5) is 0 Å². The molecule has 3 heteroatoms.